The van der Waals surface area contributed by atoms with Gasteiger partial charge < -0.3 is 9.52 Å². The lowest BCUT2D eigenvalue weighted by molar-refractivity contribution is 0.474. The number of aromatic hydroxyl groups is 1. The first-order valence-corrected chi connectivity index (χ1v) is 7.70. The lowest BCUT2D eigenvalue weighted by Crippen LogP contribution is -1.91. The molecule has 1 N–H and O–H groups in total. The topological polar surface area (TPSA) is 77.0 Å². The molecule has 24 heavy (non-hydrogen) atoms. The molecule has 0 fully saturated rings. The third-order valence-electron chi connectivity index (χ3n) is 4.01. The van der Waals surface area contributed by atoms with E-state index in [1.54, 1.807) is 35.4 Å². The van der Waals surface area contributed by atoms with E-state index >= 15 is 0 Å². The van der Waals surface area contributed by atoms with Crippen LogP contribution in [0.15, 0.2) is 53.5 Å². The van der Waals surface area contributed by atoms with Crippen LogP contribution in [-0.4, -0.2) is 24.9 Å². The first-order valence-electron chi connectivity index (χ1n) is 7.70. The van der Waals surface area contributed by atoms with E-state index in [2.05, 4.69) is 29.0 Å². The van der Waals surface area contributed by atoms with E-state index in [0.717, 1.165) is 11.2 Å². The summed E-state index contributed by atoms with van der Waals surface area (Å²) in [6.45, 7) is 4.27. The minimum Gasteiger partial charge on any atom is -0.507 e. The van der Waals surface area contributed by atoms with Gasteiger partial charge in [0.1, 0.15) is 23.9 Å². The van der Waals surface area contributed by atoms with Gasteiger partial charge in [0.15, 0.2) is 5.58 Å². The summed E-state index contributed by atoms with van der Waals surface area (Å²) in [4.78, 5) is 4.54. The zero-order chi connectivity index (χ0) is 16.7. The molecule has 0 radical (unpaired) electrons. The van der Waals surface area contributed by atoms with Crippen LogP contribution in [0.1, 0.15) is 25.3 Å². The summed E-state index contributed by atoms with van der Waals surface area (Å²) in [5, 5.41) is 17.8. The number of rotatable bonds is 3. The molecular formula is C18H16N4O2. The molecule has 6 nitrogen and oxygen atoms in total. The quantitative estimate of drug-likeness (QED) is 0.619. The highest BCUT2D eigenvalue weighted by atomic mass is 16.3. The fourth-order valence-electron chi connectivity index (χ4n) is 2.61. The standard InChI is InChI=1S/C18H16N4O2/c1-11(2)12-3-6-17-15(7-12)21-18(24-17)14-8-13(4-5-16(14)23)22-9-19-20-10-22/h3-11,23H,1-2H3. The smallest absolute Gasteiger partial charge is 0.231 e. The molecule has 0 unspecified atom stereocenters. The van der Waals surface area contributed by atoms with E-state index in [1.807, 2.05) is 18.2 Å². The molecule has 0 amide bonds. The fourth-order valence-corrected chi connectivity index (χ4v) is 2.61. The molecule has 0 saturated heterocycles. The molecule has 2 aromatic heterocycles. The minimum atomic E-state index is 0.113. The summed E-state index contributed by atoms with van der Waals surface area (Å²) in [6.07, 6.45) is 3.19. The van der Waals surface area contributed by atoms with E-state index in [4.69, 9.17) is 4.42 Å². The fraction of sp³-hybridized carbons (Fsp3) is 0.167. The van der Waals surface area contributed by atoms with Crippen LogP contribution in [0.3, 0.4) is 0 Å². The zero-order valence-corrected chi connectivity index (χ0v) is 13.3. The van der Waals surface area contributed by atoms with Crippen LogP contribution in [0.25, 0.3) is 28.2 Å². The number of hydrogen-bond donors (Lipinski definition) is 1. The molecule has 0 atom stereocenters. The van der Waals surface area contributed by atoms with Crippen LogP contribution in [0, 0.1) is 0 Å². The van der Waals surface area contributed by atoms with E-state index < -0.39 is 0 Å². The third kappa shape index (κ3) is 2.42. The largest absolute Gasteiger partial charge is 0.507 e. The summed E-state index contributed by atoms with van der Waals surface area (Å²) < 4.78 is 7.58. The molecule has 4 rings (SSSR count). The number of nitrogens with zero attached hydrogens (tertiary/aromatic N) is 4. The predicted molar refractivity (Wildman–Crippen MR) is 90.1 cm³/mol. The number of hydrogen-bond acceptors (Lipinski definition) is 5. The van der Waals surface area contributed by atoms with Gasteiger partial charge in [-0.2, -0.15) is 0 Å². The van der Waals surface area contributed by atoms with Gasteiger partial charge in [0.25, 0.3) is 0 Å². The normalized spacial score (nSPS) is 11.5. The number of oxazole rings is 1. The van der Waals surface area contributed by atoms with Crippen molar-refractivity contribution in [3.63, 3.8) is 0 Å². The third-order valence-corrected chi connectivity index (χ3v) is 4.01. The molecule has 0 aliphatic rings. The molecule has 2 aromatic carbocycles. The van der Waals surface area contributed by atoms with Crippen LogP contribution in [-0.2, 0) is 0 Å². The summed E-state index contributed by atoms with van der Waals surface area (Å²) >= 11 is 0. The lowest BCUT2D eigenvalue weighted by atomic mass is 10.0. The molecule has 0 spiro atoms. The highest BCUT2D eigenvalue weighted by molar-refractivity contribution is 5.78. The number of benzene rings is 2. The zero-order valence-electron chi connectivity index (χ0n) is 13.3. The Hall–Kier alpha value is -3.15. The van der Waals surface area contributed by atoms with Gasteiger partial charge in [-0.25, -0.2) is 4.98 Å². The molecule has 0 aliphatic carbocycles. The van der Waals surface area contributed by atoms with Gasteiger partial charge in [0.2, 0.25) is 5.89 Å². The van der Waals surface area contributed by atoms with E-state index in [1.165, 1.54) is 5.56 Å². The summed E-state index contributed by atoms with van der Waals surface area (Å²) in [7, 11) is 0. The van der Waals surface area contributed by atoms with Crippen molar-refractivity contribution < 1.29 is 9.52 Å². The summed E-state index contributed by atoms with van der Waals surface area (Å²) in [6, 6.07) is 11.2. The Labute approximate surface area is 138 Å². The maximum atomic E-state index is 10.2. The average Bonchev–Trinajstić information content (AvgIpc) is 3.24. The van der Waals surface area contributed by atoms with E-state index in [-0.39, 0.29) is 5.75 Å². The van der Waals surface area contributed by atoms with Gasteiger partial charge in [-0.05, 0) is 41.8 Å². The highest BCUT2D eigenvalue weighted by Gasteiger charge is 2.14. The van der Waals surface area contributed by atoms with E-state index in [0.29, 0.717) is 23.0 Å². The van der Waals surface area contributed by atoms with Gasteiger partial charge in [-0.15, -0.1) is 10.2 Å². The van der Waals surface area contributed by atoms with E-state index in [9.17, 15) is 5.11 Å². The van der Waals surface area contributed by atoms with Gasteiger partial charge in [0.05, 0.1) is 5.56 Å². The second-order valence-corrected chi connectivity index (χ2v) is 5.97. The Bertz CT molecular complexity index is 1000. The summed E-state index contributed by atoms with van der Waals surface area (Å²) in [5.41, 5.74) is 4.03. The number of phenolic OH excluding ortho intramolecular Hbond substituents is 1. The number of fused-ring (bicyclic) bond motifs is 1. The molecular weight excluding hydrogens is 304 g/mol. The van der Waals surface area contributed by atoms with Gasteiger partial charge in [-0.3, -0.25) is 4.57 Å². The Kier molecular flexibility index (Phi) is 3.30. The molecule has 6 heteroatoms. The molecule has 4 aromatic rings. The second kappa shape index (κ2) is 5.49. The first-order chi connectivity index (χ1) is 11.6. The number of phenols is 1. The van der Waals surface area contributed by atoms with Crippen LogP contribution in [0.2, 0.25) is 0 Å². The Morgan fingerprint density at radius 3 is 2.58 bits per heavy atom. The van der Waals surface area contributed by atoms with Crippen LogP contribution < -0.4 is 0 Å². The van der Waals surface area contributed by atoms with Crippen LogP contribution in [0.5, 0.6) is 5.75 Å². The molecule has 2 heterocycles. The Morgan fingerprint density at radius 2 is 1.83 bits per heavy atom. The van der Waals surface area contributed by atoms with Crippen molar-refractivity contribution in [1.82, 2.24) is 19.7 Å². The monoisotopic (exact) mass is 320 g/mol. The van der Waals surface area contributed by atoms with Crippen molar-refractivity contribution in [3.8, 4) is 22.9 Å². The van der Waals surface area contributed by atoms with Gasteiger partial charge >= 0.3 is 0 Å². The highest BCUT2D eigenvalue weighted by Crippen LogP contribution is 2.33. The first kappa shape index (κ1) is 14.4. The molecule has 0 saturated carbocycles. The SMILES string of the molecule is CC(C)c1ccc2oc(-c3cc(-n4cnnc4)ccc3O)nc2c1. The Morgan fingerprint density at radius 1 is 1.04 bits per heavy atom. The maximum Gasteiger partial charge on any atom is 0.231 e. The summed E-state index contributed by atoms with van der Waals surface area (Å²) in [5.74, 6) is 0.917. The van der Waals surface area contributed by atoms with Crippen molar-refractivity contribution in [3.05, 3.63) is 54.6 Å². The molecule has 0 aliphatic heterocycles. The predicted octanol–water partition coefficient (Wildman–Crippen LogP) is 3.90. The van der Waals surface area contributed by atoms with Crippen molar-refractivity contribution in [2.75, 3.05) is 0 Å². The maximum absolute atomic E-state index is 10.2. The van der Waals surface area contributed by atoms with Crippen molar-refractivity contribution in [2.24, 2.45) is 0 Å². The van der Waals surface area contributed by atoms with Gasteiger partial charge in [-0.1, -0.05) is 19.9 Å². The Balaban J connectivity index is 1.83. The number of aromatic nitrogens is 4. The van der Waals surface area contributed by atoms with Crippen molar-refractivity contribution >= 4 is 11.1 Å². The molecule has 0 bridgehead atoms. The molecule has 120 valence electrons. The van der Waals surface area contributed by atoms with Crippen molar-refractivity contribution in [1.29, 1.82) is 0 Å². The minimum absolute atomic E-state index is 0.113. The van der Waals surface area contributed by atoms with Crippen molar-refractivity contribution in [2.45, 2.75) is 19.8 Å². The lowest BCUT2D eigenvalue weighted by Gasteiger charge is -2.05. The average molecular weight is 320 g/mol. The second-order valence-electron chi connectivity index (χ2n) is 5.97. The van der Waals surface area contributed by atoms with Gasteiger partial charge in [0, 0.05) is 5.69 Å². The van der Waals surface area contributed by atoms with Crippen LogP contribution in [0.4, 0.5) is 0 Å². The van der Waals surface area contributed by atoms with Crippen LogP contribution >= 0.6 is 0 Å².